The van der Waals surface area contributed by atoms with Gasteiger partial charge in [0, 0.05) is 6.04 Å². The molecule has 0 aromatic carbocycles. The molecule has 3 N–H and O–H groups in total. The number of nitrogens with one attached hydrogen (secondary N) is 1. The second-order valence-corrected chi connectivity index (χ2v) is 6.05. The molecule has 4 aliphatic rings. The Kier molecular flexibility index (Phi) is 2.73. The van der Waals surface area contributed by atoms with Crippen molar-refractivity contribution in [3.63, 3.8) is 0 Å². The molecule has 0 aliphatic heterocycles. The van der Waals surface area contributed by atoms with E-state index in [9.17, 15) is 0 Å². The molecule has 15 heavy (non-hydrogen) atoms. The molecule has 0 aromatic rings. The van der Waals surface area contributed by atoms with Crippen molar-refractivity contribution < 1.29 is 0 Å². The van der Waals surface area contributed by atoms with Crippen molar-refractivity contribution in [1.82, 2.24) is 5.32 Å². The van der Waals surface area contributed by atoms with E-state index in [4.69, 9.17) is 5.73 Å². The fourth-order valence-electron chi connectivity index (χ4n) is 4.63. The van der Waals surface area contributed by atoms with Crippen LogP contribution < -0.4 is 11.1 Å². The van der Waals surface area contributed by atoms with Crippen LogP contribution in [0, 0.1) is 23.7 Å². The molecule has 4 fully saturated rings. The van der Waals surface area contributed by atoms with Gasteiger partial charge in [0.15, 0.2) is 0 Å². The van der Waals surface area contributed by atoms with Gasteiger partial charge in [0.2, 0.25) is 0 Å². The van der Waals surface area contributed by atoms with Crippen LogP contribution in [0.3, 0.4) is 0 Å². The van der Waals surface area contributed by atoms with Crippen LogP contribution in [0.1, 0.15) is 38.5 Å². The Balaban J connectivity index is 1.60. The van der Waals surface area contributed by atoms with Crippen LogP contribution in [0.2, 0.25) is 0 Å². The lowest BCUT2D eigenvalue weighted by Gasteiger charge is -2.54. The Morgan fingerprint density at radius 3 is 2.07 bits per heavy atom. The highest BCUT2D eigenvalue weighted by Crippen LogP contribution is 2.53. The van der Waals surface area contributed by atoms with Gasteiger partial charge in [-0.1, -0.05) is 0 Å². The molecule has 0 radical (unpaired) electrons. The zero-order valence-electron chi connectivity index (χ0n) is 9.62. The van der Waals surface area contributed by atoms with Gasteiger partial charge in [0.05, 0.1) is 0 Å². The first-order valence-electron chi connectivity index (χ1n) is 6.80. The van der Waals surface area contributed by atoms with Crippen LogP contribution in [0.15, 0.2) is 0 Å². The summed E-state index contributed by atoms with van der Waals surface area (Å²) in [6.45, 7) is 1.98. The normalized spacial score (nSPS) is 47.4. The monoisotopic (exact) mass is 208 g/mol. The van der Waals surface area contributed by atoms with Crippen molar-refractivity contribution in [3.8, 4) is 0 Å². The molecule has 0 heterocycles. The average molecular weight is 208 g/mol. The van der Waals surface area contributed by atoms with Gasteiger partial charge in [-0.2, -0.15) is 0 Å². The summed E-state index contributed by atoms with van der Waals surface area (Å²) in [5, 5.41) is 3.79. The fourth-order valence-corrected chi connectivity index (χ4v) is 4.63. The van der Waals surface area contributed by atoms with E-state index in [1.807, 2.05) is 0 Å². The van der Waals surface area contributed by atoms with Gasteiger partial charge in [0.25, 0.3) is 0 Å². The lowest BCUT2D eigenvalue weighted by atomic mass is 9.54. The predicted octanol–water partition coefficient (Wildman–Crippen LogP) is 1.75. The number of hydrogen-bond acceptors (Lipinski definition) is 2. The van der Waals surface area contributed by atoms with Crippen LogP contribution in [0.25, 0.3) is 0 Å². The maximum atomic E-state index is 5.55. The molecule has 4 saturated carbocycles. The maximum absolute atomic E-state index is 5.55. The van der Waals surface area contributed by atoms with Gasteiger partial charge in [-0.25, -0.2) is 0 Å². The minimum Gasteiger partial charge on any atom is -0.330 e. The van der Waals surface area contributed by atoms with Gasteiger partial charge in [-0.05, 0) is 75.3 Å². The third-order valence-electron chi connectivity index (χ3n) is 4.99. The Labute approximate surface area is 93.0 Å². The summed E-state index contributed by atoms with van der Waals surface area (Å²) >= 11 is 0. The summed E-state index contributed by atoms with van der Waals surface area (Å²) < 4.78 is 0. The molecule has 4 bridgehead atoms. The molecule has 86 valence electrons. The quantitative estimate of drug-likeness (QED) is 0.691. The SMILES string of the molecule is NCCCNC1C2CC3CC(C2)CC1C3. The Bertz CT molecular complexity index is 199. The molecule has 0 aromatic heterocycles. The Morgan fingerprint density at radius 2 is 1.53 bits per heavy atom. The molecule has 0 saturated heterocycles. The van der Waals surface area contributed by atoms with Crippen molar-refractivity contribution in [2.24, 2.45) is 29.4 Å². The molecule has 0 amide bonds. The van der Waals surface area contributed by atoms with E-state index in [1.54, 1.807) is 6.42 Å². The first kappa shape index (κ1) is 10.1. The molecule has 2 heteroatoms. The Hall–Kier alpha value is -0.0800. The average Bonchev–Trinajstić information content (AvgIpc) is 2.21. The first-order chi connectivity index (χ1) is 7.36. The van der Waals surface area contributed by atoms with E-state index in [1.165, 1.54) is 25.7 Å². The predicted molar refractivity (Wildman–Crippen MR) is 62.5 cm³/mol. The summed E-state index contributed by atoms with van der Waals surface area (Å²) in [5.41, 5.74) is 5.55. The van der Waals surface area contributed by atoms with Crippen LogP contribution in [-0.2, 0) is 0 Å². The number of hydrogen-bond donors (Lipinski definition) is 2. The molecular weight excluding hydrogens is 184 g/mol. The second-order valence-electron chi connectivity index (χ2n) is 6.05. The summed E-state index contributed by atoms with van der Waals surface area (Å²) in [4.78, 5) is 0. The van der Waals surface area contributed by atoms with Crippen molar-refractivity contribution in [3.05, 3.63) is 0 Å². The topological polar surface area (TPSA) is 38.0 Å². The summed E-state index contributed by atoms with van der Waals surface area (Å²) in [5.74, 6) is 4.22. The smallest absolute Gasteiger partial charge is 0.0124 e. The van der Waals surface area contributed by atoms with Crippen LogP contribution in [0.4, 0.5) is 0 Å². The van der Waals surface area contributed by atoms with E-state index in [2.05, 4.69) is 5.32 Å². The largest absolute Gasteiger partial charge is 0.330 e. The van der Waals surface area contributed by atoms with Crippen molar-refractivity contribution in [1.29, 1.82) is 0 Å². The molecule has 4 rings (SSSR count). The Morgan fingerprint density at radius 1 is 0.933 bits per heavy atom. The lowest BCUT2D eigenvalue weighted by Crippen LogP contribution is -2.54. The van der Waals surface area contributed by atoms with Crippen molar-refractivity contribution in [2.45, 2.75) is 44.6 Å². The minimum absolute atomic E-state index is 0.834. The van der Waals surface area contributed by atoms with Gasteiger partial charge < -0.3 is 11.1 Å². The van der Waals surface area contributed by atoms with E-state index in [-0.39, 0.29) is 0 Å². The first-order valence-corrected chi connectivity index (χ1v) is 6.80. The molecule has 0 unspecified atom stereocenters. The van der Waals surface area contributed by atoms with Crippen molar-refractivity contribution >= 4 is 0 Å². The van der Waals surface area contributed by atoms with Gasteiger partial charge in [0.1, 0.15) is 0 Å². The number of rotatable bonds is 4. The highest BCUT2D eigenvalue weighted by Gasteiger charge is 2.47. The zero-order chi connectivity index (χ0) is 10.3. The van der Waals surface area contributed by atoms with E-state index in [0.29, 0.717) is 0 Å². The zero-order valence-corrected chi connectivity index (χ0v) is 9.62. The third-order valence-corrected chi connectivity index (χ3v) is 4.99. The van der Waals surface area contributed by atoms with Crippen LogP contribution >= 0.6 is 0 Å². The van der Waals surface area contributed by atoms with E-state index in [0.717, 1.165) is 49.2 Å². The van der Waals surface area contributed by atoms with Gasteiger partial charge >= 0.3 is 0 Å². The molecular formula is C13H24N2. The molecule has 2 nitrogen and oxygen atoms in total. The minimum atomic E-state index is 0.834. The maximum Gasteiger partial charge on any atom is 0.0124 e. The fraction of sp³-hybridized carbons (Fsp3) is 1.00. The third kappa shape index (κ3) is 1.83. The van der Waals surface area contributed by atoms with Gasteiger partial charge in [-0.3, -0.25) is 0 Å². The molecule has 0 atom stereocenters. The second kappa shape index (κ2) is 4.06. The molecule has 4 aliphatic carbocycles. The summed E-state index contributed by atoms with van der Waals surface area (Å²) in [6, 6.07) is 0.851. The summed E-state index contributed by atoms with van der Waals surface area (Å²) in [6.07, 6.45) is 8.78. The van der Waals surface area contributed by atoms with E-state index < -0.39 is 0 Å². The lowest BCUT2D eigenvalue weighted by molar-refractivity contribution is -0.0134. The highest BCUT2D eigenvalue weighted by molar-refractivity contribution is 5.01. The van der Waals surface area contributed by atoms with Gasteiger partial charge in [-0.15, -0.1) is 0 Å². The van der Waals surface area contributed by atoms with Crippen LogP contribution in [-0.4, -0.2) is 19.1 Å². The molecule has 0 spiro atoms. The summed E-state index contributed by atoms with van der Waals surface area (Å²) in [7, 11) is 0. The number of nitrogens with two attached hydrogens (primary N) is 1. The highest BCUT2D eigenvalue weighted by atomic mass is 14.9. The van der Waals surface area contributed by atoms with E-state index >= 15 is 0 Å². The van der Waals surface area contributed by atoms with Crippen molar-refractivity contribution in [2.75, 3.05) is 13.1 Å². The standard InChI is InChI=1S/C13H24N2/c14-2-1-3-15-13-11-5-9-4-10(7-11)8-12(13)6-9/h9-13,15H,1-8,14H2. The van der Waals surface area contributed by atoms with Crippen LogP contribution in [0.5, 0.6) is 0 Å².